The van der Waals surface area contributed by atoms with Gasteiger partial charge in [-0.2, -0.15) is 0 Å². The number of benzene rings is 1. The van der Waals surface area contributed by atoms with Crippen LogP contribution >= 0.6 is 0 Å². The fourth-order valence-corrected chi connectivity index (χ4v) is 1.64. The third-order valence-corrected chi connectivity index (χ3v) is 2.62. The second kappa shape index (κ2) is 4.87. The summed E-state index contributed by atoms with van der Waals surface area (Å²) in [6.07, 6.45) is 0. The van der Waals surface area contributed by atoms with Gasteiger partial charge in [0.1, 0.15) is 0 Å². The first-order chi connectivity index (χ1) is 8.58. The first-order valence-electron chi connectivity index (χ1n) is 5.53. The molecule has 0 bridgehead atoms. The van der Waals surface area contributed by atoms with Crippen LogP contribution in [0, 0.1) is 6.92 Å². The molecule has 0 aliphatic heterocycles. The fraction of sp³-hybridized carbons (Fsp3) is 0.250. The molecule has 1 aromatic heterocycles. The number of nitrogens with two attached hydrogens (primary N) is 1. The second-order valence-corrected chi connectivity index (χ2v) is 4.11. The number of nitrogen functional groups attached to an aromatic ring is 1. The third-order valence-electron chi connectivity index (χ3n) is 2.62. The molecule has 1 aromatic carbocycles. The van der Waals surface area contributed by atoms with Crippen molar-refractivity contribution in [1.29, 1.82) is 0 Å². The topological polar surface area (TPSA) is 94.0 Å². The Morgan fingerprint density at radius 2 is 2.22 bits per heavy atom. The number of aromatic nitrogens is 2. The van der Waals surface area contributed by atoms with Crippen molar-refractivity contribution in [3.63, 3.8) is 0 Å². The van der Waals surface area contributed by atoms with E-state index in [4.69, 9.17) is 5.73 Å². The average molecular weight is 246 g/mol. The molecular weight excluding hydrogens is 232 g/mol. The summed E-state index contributed by atoms with van der Waals surface area (Å²) in [4.78, 5) is 11.8. The molecule has 6 nitrogen and oxygen atoms in total. The minimum Gasteiger partial charge on any atom is -0.379 e. The summed E-state index contributed by atoms with van der Waals surface area (Å²) in [5.74, 6) is -0.410. The lowest BCUT2D eigenvalue weighted by Crippen LogP contribution is -2.27. The number of carbonyl (C=O) groups is 1. The number of carbonyl (C=O) groups excluding carboxylic acids is 1. The summed E-state index contributed by atoms with van der Waals surface area (Å²) in [6, 6.07) is 7.75. The third kappa shape index (κ3) is 2.48. The summed E-state index contributed by atoms with van der Waals surface area (Å²) >= 11 is 0. The van der Waals surface area contributed by atoms with Crippen molar-refractivity contribution in [2.75, 3.05) is 5.73 Å². The van der Waals surface area contributed by atoms with Crippen LogP contribution in [0.15, 0.2) is 28.9 Å². The van der Waals surface area contributed by atoms with Crippen molar-refractivity contribution in [1.82, 2.24) is 15.6 Å². The summed E-state index contributed by atoms with van der Waals surface area (Å²) in [6.45, 7) is 3.88. The summed E-state index contributed by atoms with van der Waals surface area (Å²) < 4.78 is 4.39. The first-order valence-corrected chi connectivity index (χ1v) is 5.53. The molecule has 0 aliphatic rings. The molecular formula is C12H14N4O2. The van der Waals surface area contributed by atoms with Gasteiger partial charge in [-0.1, -0.05) is 29.8 Å². The molecule has 0 spiro atoms. The number of rotatable bonds is 3. The van der Waals surface area contributed by atoms with Crippen LogP contribution in [0.1, 0.15) is 34.6 Å². The van der Waals surface area contributed by atoms with E-state index in [2.05, 4.69) is 20.3 Å². The highest BCUT2D eigenvalue weighted by Gasteiger charge is 2.18. The molecule has 0 unspecified atom stereocenters. The van der Waals surface area contributed by atoms with Crippen molar-refractivity contribution in [2.24, 2.45) is 0 Å². The van der Waals surface area contributed by atoms with E-state index in [0.29, 0.717) is 0 Å². The van der Waals surface area contributed by atoms with E-state index in [1.54, 1.807) is 0 Å². The lowest BCUT2D eigenvalue weighted by atomic mass is 10.1. The highest BCUT2D eigenvalue weighted by atomic mass is 16.6. The Bertz CT molecular complexity index is 565. The molecule has 0 saturated heterocycles. The Labute approximate surface area is 104 Å². The van der Waals surface area contributed by atoms with E-state index in [1.807, 2.05) is 38.1 Å². The molecule has 1 heterocycles. The van der Waals surface area contributed by atoms with E-state index < -0.39 is 5.91 Å². The van der Waals surface area contributed by atoms with Gasteiger partial charge in [-0.15, -0.1) is 0 Å². The van der Waals surface area contributed by atoms with Crippen LogP contribution in [-0.4, -0.2) is 16.2 Å². The van der Waals surface area contributed by atoms with Crippen LogP contribution in [0.2, 0.25) is 0 Å². The standard InChI is InChI=1S/C12H14N4O2/c1-7-4-3-5-9(6-7)8(2)14-12(17)10-11(13)16-18-15-10/h3-6,8H,1-2H3,(H2,13,16)(H,14,17)/t8-/m1/s1. The highest BCUT2D eigenvalue weighted by Crippen LogP contribution is 2.15. The van der Waals surface area contributed by atoms with E-state index in [9.17, 15) is 4.79 Å². The molecule has 2 rings (SSSR count). The predicted molar refractivity (Wildman–Crippen MR) is 65.8 cm³/mol. The normalized spacial score (nSPS) is 12.1. The molecule has 1 atom stereocenters. The van der Waals surface area contributed by atoms with Gasteiger partial charge in [0.15, 0.2) is 0 Å². The number of aryl methyl sites for hydroxylation is 1. The zero-order valence-electron chi connectivity index (χ0n) is 10.2. The van der Waals surface area contributed by atoms with Crippen LogP contribution in [-0.2, 0) is 0 Å². The average Bonchev–Trinajstić information content (AvgIpc) is 2.75. The number of nitrogens with one attached hydrogen (secondary N) is 1. The molecule has 0 saturated carbocycles. The lowest BCUT2D eigenvalue weighted by Gasteiger charge is -2.13. The van der Waals surface area contributed by atoms with E-state index in [0.717, 1.165) is 11.1 Å². The van der Waals surface area contributed by atoms with Crippen LogP contribution in [0.3, 0.4) is 0 Å². The van der Waals surface area contributed by atoms with Gasteiger partial charge in [0.25, 0.3) is 5.91 Å². The van der Waals surface area contributed by atoms with Gasteiger partial charge >= 0.3 is 0 Å². The van der Waals surface area contributed by atoms with Gasteiger partial charge in [-0.05, 0) is 29.7 Å². The Balaban J connectivity index is 2.10. The molecule has 94 valence electrons. The smallest absolute Gasteiger partial charge is 0.277 e. The maximum Gasteiger partial charge on any atom is 0.277 e. The number of anilines is 1. The fourth-order valence-electron chi connectivity index (χ4n) is 1.64. The Morgan fingerprint density at radius 3 is 2.83 bits per heavy atom. The van der Waals surface area contributed by atoms with Gasteiger partial charge in [-0.25, -0.2) is 4.63 Å². The molecule has 6 heteroatoms. The molecule has 0 fully saturated rings. The molecule has 0 radical (unpaired) electrons. The van der Waals surface area contributed by atoms with Crippen LogP contribution in [0.5, 0.6) is 0 Å². The Kier molecular flexibility index (Phi) is 3.27. The van der Waals surface area contributed by atoms with Gasteiger partial charge < -0.3 is 11.1 Å². The van der Waals surface area contributed by atoms with Gasteiger partial charge in [0.2, 0.25) is 11.5 Å². The number of amides is 1. The number of hydrogen-bond donors (Lipinski definition) is 2. The predicted octanol–water partition coefficient (Wildman–Crippen LogP) is 1.45. The van der Waals surface area contributed by atoms with Crippen LogP contribution < -0.4 is 11.1 Å². The van der Waals surface area contributed by atoms with Crippen molar-refractivity contribution in [3.8, 4) is 0 Å². The largest absolute Gasteiger partial charge is 0.379 e. The van der Waals surface area contributed by atoms with Crippen molar-refractivity contribution >= 4 is 11.7 Å². The molecule has 3 N–H and O–H groups in total. The maximum absolute atomic E-state index is 11.8. The minimum absolute atomic E-state index is 0.00880. The summed E-state index contributed by atoms with van der Waals surface area (Å²) in [5.41, 5.74) is 7.61. The Morgan fingerprint density at radius 1 is 1.44 bits per heavy atom. The molecule has 18 heavy (non-hydrogen) atoms. The van der Waals surface area contributed by atoms with Crippen molar-refractivity contribution in [2.45, 2.75) is 19.9 Å². The molecule has 2 aromatic rings. The highest BCUT2D eigenvalue weighted by molar-refractivity contribution is 5.96. The van der Waals surface area contributed by atoms with Gasteiger partial charge in [0.05, 0.1) is 6.04 Å². The number of hydrogen-bond acceptors (Lipinski definition) is 5. The van der Waals surface area contributed by atoms with Crippen molar-refractivity contribution < 1.29 is 9.42 Å². The van der Waals surface area contributed by atoms with Crippen LogP contribution in [0.4, 0.5) is 5.82 Å². The SMILES string of the molecule is Cc1cccc([C@@H](C)NC(=O)c2nonc2N)c1. The zero-order valence-corrected chi connectivity index (χ0v) is 10.2. The molecule has 0 aliphatic carbocycles. The minimum atomic E-state index is -0.400. The molecule has 1 amide bonds. The quantitative estimate of drug-likeness (QED) is 0.854. The maximum atomic E-state index is 11.8. The number of nitrogens with zero attached hydrogens (tertiary/aromatic N) is 2. The van der Waals surface area contributed by atoms with Crippen LogP contribution in [0.25, 0.3) is 0 Å². The monoisotopic (exact) mass is 246 g/mol. The van der Waals surface area contributed by atoms with Gasteiger partial charge in [-0.3, -0.25) is 4.79 Å². The van der Waals surface area contributed by atoms with Crippen molar-refractivity contribution in [3.05, 3.63) is 41.1 Å². The summed E-state index contributed by atoms with van der Waals surface area (Å²) in [7, 11) is 0. The van der Waals surface area contributed by atoms with E-state index in [-0.39, 0.29) is 17.6 Å². The van der Waals surface area contributed by atoms with E-state index in [1.165, 1.54) is 0 Å². The summed E-state index contributed by atoms with van der Waals surface area (Å²) in [5, 5.41) is 9.60. The lowest BCUT2D eigenvalue weighted by molar-refractivity contribution is 0.0930. The Hall–Kier alpha value is -2.37. The first kappa shape index (κ1) is 12.1. The zero-order chi connectivity index (χ0) is 13.1. The second-order valence-electron chi connectivity index (χ2n) is 4.11. The van der Waals surface area contributed by atoms with Gasteiger partial charge in [0, 0.05) is 0 Å². The van der Waals surface area contributed by atoms with E-state index >= 15 is 0 Å².